The quantitative estimate of drug-likeness (QED) is 0.570. The summed E-state index contributed by atoms with van der Waals surface area (Å²) in [5.74, 6) is 0.835. The molecule has 0 saturated carbocycles. The van der Waals surface area contributed by atoms with Gasteiger partial charge in [0.15, 0.2) is 0 Å². The van der Waals surface area contributed by atoms with Crippen LogP contribution in [0.4, 0.5) is 0 Å². The van der Waals surface area contributed by atoms with Crippen LogP contribution in [0.25, 0.3) is 22.4 Å². The Morgan fingerprint density at radius 1 is 1.19 bits per heavy atom. The number of nitrogens with zero attached hydrogens (tertiary/aromatic N) is 4. The highest BCUT2D eigenvalue weighted by Crippen LogP contribution is 2.19. The van der Waals surface area contributed by atoms with Gasteiger partial charge in [0.05, 0.1) is 6.54 Å². The smallest absolute Gasteiger partial charge is 0.246 e. The third-order valence-electron chi connectivity index (χ3n) is 4.44. The highest BCUT2D eigenvalue weighted by molar-refractivity contribution is 5.84. The SMILES string of the molecule is CN(Cc1nc(-c2ccccn2)no1)C(=O)CCc1c[nH]c2ccccc12. The molecule has 0 saturated heterocycles. The first-order valence-corrected chi connectivity index (χ1v) is 8.73. The van der Waals surface area contributed by atoms with Gasteiger partial charge in [-0.3, -0.25) is 9.78 Å². The van der Waals surface area contributed by atoms with Crippen molar-refractivity contribution in [3.8, 4) is 11.5 Å². The average Bonchev–Trinajstić information content (AvgIpc) is 3.34. The number of pyridine rings is 1. The minimum atomic E-state index is 0.0258. The summed E-state index contributed by atoms with van der Waals surface area (Å²) in [6.07, 6.45) is 4.73. The number of aryl methyl sites for hydroxylation is 1. The topological polar surface area (TPSA) is 87.9 Å². The second kappa shape index (κ2) is 7.41. The van der Waals surface area contributed by atoms with Crippen molar-refractivity contribution < 1.29 is 9.32 Å². The number of fused-ring (bicyclic) bond motifs is 1. The van der Waals surface area contributed by atoms with E-state index in [4.69, 9.17) is 4.52 Å². The summed E-state index contributed by atoms with van der Waals surface area (Å²) in [4.78, 5) is 25.8. The molecule has 3 aromatic heterocycles. The molecule has 0 fully saturated rings. The van der Waals surface area contributed by atoms with Gasteiger partial charge in [-0.05, 0) is 30.2 Å². The number of hydrogen-bond acceptors (Lipinski definition) is 5. The van der Waals surface area contributed by atoms with E-state index in [9.17, 15) is 4.79 Å². The Balaban J connectivity index is 1.36. The van der Waals surface area contributed by atoms with Gasteiger partial charge in [-0.25, -0.2) is 0 Å². The van der Waals surface area contributed by atoms with Crippen LogP contribution in [0.2, 0.25) is 0 Å². The molecule has 0 unspecified atom stereocenters. The van der Waals surface area contributed by atoms with Gasteiger partial charge < -0.3 is 14.4 Å². The van der Waals surface area contributed by atoms with E-state index in [-0.39, 0.29) is 12.5 Å². The zero-order valence-electron chi connectivity index (χ0n) is 14.9. The Labute approximate surface area is 156 Å². The zero-order chi connectivity index (χ0) is 18.6. The van der Waals surface area contributed by atoms with Gasteiger partial charge in [0.2, 0.25) is 17.6 Å². The summed E-state index contributed by atoms with van der Waals surface area (Å²) in [5.41, 5.74) is 2.87. The van der Waals surface area contributed by atoms with Gasteiger partial charge in [-0.1, -0.05) is 29.4 Å². The maximum Gasteiger partial charge on any atom is 0.246 e. The number of amides is 1. The van der Waals surface area contributed by atoms with E-state index in [0.717, 1.165) is 16.5 Å². The molecular formula is C20H19N5O2. The molecule has 0 aliphatic rings. The predicted octanol–water partition coefficient (Wildman–Crippen LogP) is 3.20. The van der Waals surface area contributed by atoms with Crippen LogP contribution in [-0.4, -0.2) is 38.0 Å². The van der Waals surface area contributed by atoms with Crippen molar-refractivity contribution in [3.05, 3.63) is 66.3 Å². The average molecular weight is 361 g/mol. The Hall–Kier alpha value is -3.48. The van der Waals surface area contributed by atoms with Gasteiger partial charge in [0.25, 0.3) is 0 Å². The van der Waals surface area contributed by atoms with Gasteiger partial charge in [0.1, 0.15) is 5.69 Å². The van der Waals surface area contributed by atoms with Crippen LogP contribution in [-0.2, 0) is 17.8 Å². The molecule has 7 nitrogen and oxygen atoms in total. The molecule has 4 aromatic rings. The molecular weight excluding hydrogens is 342 g/mol. The number of hydrogen-bond donors (Lipinski definition) is 1. The summed E-state index contributed by atoms with van der Waals surface area (Å²) in [7, 11) is 1.74. The molecule has 27 heavy (non-hydrogen) atoms. The molecule has 4 rings (SSSR count). The lowest BCUT2D eigenvalue weighted by Crippen LogP contribution is -2.26. The maximum absolute atomic E-state index is 12.5. The van der Waals surface area contributed by atoms with Crippen LogP contribution < -0.4 is 0 Å². The molecule has 0 aliphatic carbocycles. The molecule has 1 amide bonds. The second-order valence-corrected chi connectivity index (χ2v) is 6.34. The Morgan fingerprint density at radius 3 is 2.89 bits per heavy atom. The first-order chi connectivity index (χ1) is 13.2. The molecule has 3 heterocycles. The van der Waals surface area contributed by atoms with E-state index in [0.29, 0.717) is 30.3 Å². The van der Waals surface area contributed by atoms with E-state index in [1.807, 2.05) is 42.6 Å². The molecule has 0 radical (unpaired) electrons. The normalized spacial score (nSPS) is 11.0. The van der Waals surface area contributed by atoms with Crippen molar-refractivity contribution in [3.63, 3.8) is 0 Å². The molecule has 136 valence electrons. The first-order valence-electron chi connectivity index (χ1n) is 8.73. The van der Waals surface area contributed by atoms with E-state index < -0.39 is 0 Å². The van der Waals surface area contributed by atoms with Crippen LogP contribution in [0.5, 0.6) is 0 Å². The Bertz CT molecular complexity index is 1050. The minimum Gasteiger partial charge on any atom is -0.361 e. The number of rotatable bonds is 6. The number of carbonyl (C=O) groups is 1. The number of carbonyl (C=O) groups excluding carboxylic acids is 1. The van der Waals surface area contributed by atoms with Gasteiger partial charge in [0, 0.05) is 36.8 Å². The summed E-state index contributed by atoms with van der Waals surface area (Å²) in [6.45, 7) is 0.270. The van der Waals surface area contributed by atoms with E-state index in [1.54, 1.807) is 18.1 Å². The van der Waals surface area contributed by atoms with Crippen LogP contribution >= 0.6 is 0 Å². The predicted molar refractivity (Wildman–Crippen MR) is 101 cm³/mol. The number of para-hydroxylation sites is 1. The van der Waals surface area contributed by atoms with Crippen molar-refractivity contribution >= 4 is 16.8 Å². The second-order valence-electron chi connectivity index (χ2n) is 6.34. The van der Waals surface area contributed by atoms with Crippen molar-refractivity contribution in [2.75, 3.05) is 7.05 Å². The molecule has 0 spiro atoms. The van der Waals surface area contributed by atoms with E-state index in [1.165, 1.54) is 0 Å². The highest BCUT2D eigenvalue weighted by atomic mass is 16.5. The monoisotopic (exact) mass is 361 g/mol. The highest BCUT2D eigenvalue weighted by Gasteiger charge is 2.15. The Kier molecular flexibility index (Phi) is 4.65. The standard InChI is InChI=1S/C20H19N5O2/c1-25(13-18-23-20(24-27-18)17-8-4-5-11-21-17)19(26)10-9-14-12-22-16-7-3-2-6-15(14)16/h2-8,11-12,22H,9-10,13H2,1H3. The molecule has 1 aromatic carbocycles. The fourth-order valence-electron chi connectivity index (χ4n) is 2.98. The van der Waals surface area contributed by atoms with Gasteiger partial charge in [-0.2, -0.15) is 4.98 Å². The molecule has 7 heteroatoms. The Morgan fingerprint density at radius 2 is 2.04 bits per heavy atom. The summed E-state index contributed by atoms with van der Waals surface area (Å²) < 4.78 is 5.25. The lowest BCUT2D eigenvalue weighted by Gasteiger charge is -2.14. The van der Waals surface area contributed by atoms with E-state index >= 15 is 0 Å². The lowest BCUT2D eigenvalue weighted by atomic mass is 10.1. The van der Waals surface area contributed by atoms with Crippen molar-refractivity contribution in [1.29, 1.82) is 0 Å². The van der Waals surface area contributed by atoms with Gasteiger partial charge >= 0.3 is 0 Å². The van der Waals surface area contributed by atoms with Crippen LogP contribution in [0.3, 0.4) is 0 Å². The summed E-state index contributed by atoms with van der Waals surface area (Å²) in [6, 6.07) is 13.6. The molecule has 0 atom stereocenters. The maximum atomic E-state index is 12.5. The third-order valence-corrected chi connectivity index (χ3v) is 4.44. The number of H-pyrrole nitrogens is 1. The van der Waals surface area contributed by atoms with Crippen LogP contribution in [0, 0.1) is 0 Å². The molecule has 0 aliphatic heterocycles. The van der Waals surface area contributed by atoms with Gasteiger partial charge in [-0.15, -0.1) is 0 Å². The fraction of sp³-hybridized carbons (Fsp3) is 0.200. The van der Waals surface area contributed by atoms with E-state index in [2.05, 4.69) is 26.2 Å². The molecule has 1 N–H and O–H groups in total. The zero-order valence-corrected chi connectivity index (χ0v) is 14.9. The lowest BCUT2D eigenvalue weighted by molar-refractivity contribution is -0.130. The third kappa shape index (κ3) is 3.72. The summed E-state index contributed by atoms with van der Waals surface area (Å²) >= 11 is 0. The minimum absolute atomic E-state index is 0.0258. The summed E-state index contributed by atoms with van der Waals surface area (Å²) in [5, 5.41) is 5.09. The largest absolute Gasteiger partial charge is 0.361 e. The number of nitrogens with one attached hydrogen (secondary N) is 1. The number of aromatic nitrogens is 4. The van der Waals surface area contributed by atoms with Crippen molar-refractivity contribution in [1.82, 2.24) is 25.0 Å². The van der Waals surface area contributed by atoms with Crippen molar-refractivity contribution in [2.45, 2.75) is 19.4 Å². The number of aromatic amines is 1. The fourth-order valence-corrected chi connectivity index (χ4v) is 2.98. The van der Waals surface area contributed by atoms with Crippen LogP contribution in [0.1, 0.15) is 17.9 Å². The van der Waals surface area contributed by atoms with Crippen LogP contribution in [0.15, 0.2) is 59.4 Å². The first kappa shape index (κ1) is 17.0. The molecule has 0 bridgehead atoms. The van der Waals surface area contributed by atoms with Crippen molar-refractivity contribution in [2.24, 2.45) is 0 Å². The number of benzene rings is 1.